The van der Waals surface area contributed by atoms with E-state index in [9.17, 15) is 9.59 Å². The third kappa shape index (κ3) is 5.94. The number of halogens is 3. The predicted octanol–water partition coefficient (Wildman–Crippen LogP) is 3.76. The first kappa shape index (κ1) is 18.9. The molecule has 0 unspecified atom stereocenters. The summed E-state index contributed by atoms with van der Waals surface area (Å²) in [6.07, 6.45) is 7.33. The normalized spacial score (nSPS) is 20.1. The number of hydrogen-bond donors (Lipinski definition) is 2. The fourth-order valence-corrected chi connectivity index (χ4v) is 2.16. The third-order valence-electron chi connectivity index (χ3n) is 2.67. The van der Waals surface area contributed by atoms with Gasteiger partial charge in [0.2, 0.25) is 0 Å². The number of carbonyl (C=O) groups excluding carboxylic acids is 2. The Morgan fingerprint density at radius 2 is 2.23 bits per heavy atom. The monoisotopic (exact) mass is 448 g/mol. The summed E-state index contributed by atoms with van der Waals surface area (Å²) in [5.74, 6) is -0.314. The van der Waals surface area contributed by atoms with Gasteiger partial charge in [-0.3, -0.25) is 9.59 Å². The molecule has 118 valence electrons. The summed E-state index contributed by atoms with van der Waals surface area (Å²) in [4.78, 5) is 25.5. The molecule has 1 rings (SSSR count). The molecular formula is C15H15Br2ClN2O2. The van der Waals surface area contributed by atoms with Crippen LogP contribution in [-0.2, 0) is 9.59 Å². The second kappa shape index (κ2) is 9.82. The molecule has 0 aromatic rings. The fourth-order valence-electron chi connectivity index (χ4n) is 1.75. The molecule has 1 heterocycles. The highest BCUT2D eigenvalue weighted by atomic mass is 79.9. The van der Waals surface area contributed by atoms with E-state index in [2.05, 4.69) is 42.5 Å². The molecule has 0 atom stereocenters. The van der Waals surface area contributed by atoms with E-state index < -0.39 is 0 Å². The molecule has 1 saturated heterocycles. The van der Waals surface area contributed by atoms with Gasteiger partial charge in [0.05, 0.1) is 6.42 Å². The summed E-state index contributed by atoms with van der Waals surface area (Å²) in [6, 6.07) is 0. The Bertz CT molecular complexity index is 605. The van der Waals surface area contributed by atoms with Crippen molar-refractivity contribution in [1.82, 2.24) is 10.6 Å². The second-order valence-electron chi connectivity index (χ2n) is 4.32. The number of ketones is 2. The van der Waals surface area contributed by atoms with Crippen LogP contribution in [0.2, 0.25) is 0 Å². The van der Waals surface area contributed by atoms with Crippen LogP contribution < -0.4 is 10.6 Å². The fraction of sp³-hybridized carbons (Fsp3) is 0.200. The lowest BCUT2D eigenvalue weighted by molar-refractivity contribution is -0.116. The Hall–Kier alpha value is -1.11. The Morgan fingerprint density at radius 1 is 1.50 bits per heavy atom. The highest BCUT2D eigenvalue weighted by molar-refractivity contribution is 9.12. The first-order valence-corrected chi connectivity index (χ1v) is 8.51. The van der Waals surface area contributed by atoms with Crippen LogP contribution >= 0.6 is 43.5 Å². The number of hydrogen-bond acceptors (Lipinski definition) is 4. The molecule has 7 heteroatoms. The lowest BCUT2D eigenvalue weighted by Crippen LogP contribution is -2.25. The molecule has 1 fully saturated rings. The van der Waals surface area contributed by atoms with E-state index in [-0.39, 0.29) is 23.7 Å². The van der Waals surface area contributed by atoms with Crippen molar-refractivity contribution < 1.29 is 9.59 Å². The molecule has 22 heavy (non-hydrogen) atoms. The Labute approximate surface area is 151 Å². The number of carbonyl (C=O) groups is 2. The zero-order valence-electron chi connectivity index (χ0n) is 11.8. The van der Waals surface area contributed by atoms with Crippen LogP contribution in [0.15, 0.2) is 56.4 Å². The van der Waals surface area contributed by atoms with Crippen molar-refractivity contribution in [2.24, 2.45) is 0 Å². The van der Waals surface area contributed by atoms with Gasteiger partial charge in [0, 0.05) is 29.2 Å². The van der Waals surface area contributed by atoms with Crippen molar-refractivity contribution in [2.75, 3.05) is 6.54 Å². The summed E-state index contributed by atoms with van der Waals surface area (Å²) in [7, 11) is 0. The summed E-state index contributed by atoms with van der Waals surface area (Å²) in [5, 5.41) is 5.95. The van der Waals surface area contributed by atoms with Gasteiger partial charge in [0.1, 0.15) is 11.4 Å². The molecule has 0 aromatic heterocycles. The van der Waals surface area contributed by atoms with Crippen molar-refractivity contribution in [3.8, 4) is 0 Å². The molecule has 1 aliphatic heterocycles. The van der Waals surface area contributed by atoms with Gasteiger partial charge in [-0.25, -0.2) is 0 Å². The average molecular weight is 451 g/mol. The maximum absolute atomic E-state index is 12.0. The van der Waals surface area contributed by atoms with E-state index >= 15 is 0 Å². The first-order valence-electron chi connectivity index (χ1n) is 6.37. The van der Waals surface area contributed by atoms with Gasteiger partial charge in [-0.15, -0.1) is 0 Å². The Morgan fingerprint density at radius 3 is 2.82 bits per heavy atom. The second-order valence-corrected chi connectivity index (χ2v) is 5.98. The van der Waals surface area contributed by atoms with E-state index in [1.54, 1.807) is 29.3 Å². The maximum Gasteiger partial charge on any atom is 0.187 e. The van der Waals surface area contributed by atoms with E-state index in [0.717, 1.165) is 10.2 Å². The topological polar surface area (TPSA) is 58.2 Å². The minimum Gasteiger partial charge on any atom is -0.377 e. The van der Waals surface area contributed by atoms with E-state index in [4.69, 9.17) is 11.6 Å². The average Bonchev–Trinajstić information content (AvgIpc) is 2.85. The first-order chi connectivity index (χ1) is 10.5. The molecule has 1 aliphatic rings. The smallest absolute Gasteiger partial charge is 0.187 e. The Kier molecular flexibility index (Phi) is 8.45. The summed E-state index contributed by atoms with van der Waals surface area (Å²) >= 11 is 11.9. The Balaban J connectivity index is 2.88. The standard InChI is InChI=1S/C15H15Br2ClN2O2/c1-10(21)14(19-7-3-4-11(17)9-18)15-13(22)8-12(20-15)5-2-6-16/h2-6,9,19-20H,7-8H2,1H3/b4-3-,6-2+,11-9-,12-5+,15-14-. The van der Waals surface area contributed by atoms with E-state index in [1.807, 2.05) is 0 Å². The van der Waals surface area contributed by atoms with Gasteiger partial charge in [0.15, 0.2) is 11.6 Å². The lowest BCUT2D eigenvalue weighted by atomic mass is 10.2. The molecule has 0 spiro atoms. The molecule has 0 aromatic carbocycles. The number of allylic oxidation sites excluding steroid dienone is 7. The van der Waals surface area contributed by atoms with E-state index in [0.29, 0.717) is 12.2 Å². The number of nitrogens with one attached hydrogen (secondary N) is 2. The van der Waals surface area contributed by atoms with Gasteiger partial charge in [-0.2, -0.15) is 0 Å². The van der Waals surface area contributed by atoms with E-state index in [1.165, 1.54) is 12.5 Å². The maximum atomic E-state index is 12.0. The molecular weight excluding hydrogens is 435 g/mol. The van der Waals surface area contributed by atoms with Crippen molar-refractivity contribution in [2.45, 2.75) is 13.3 Å². The number of Topliss-reactive ketones (excluding diaryl/α,β-unsaturated/α-hetero) is 2. The zero-order valence-corrected chi connectivity index (χ0v) is 15.8. The highest BCUT2D eigenvalue weighted by Crippen LogP contribution is 2.18. The summed E-state index contributed by atoms with van der Waals surface area (Å²) in [5.41, 5.74) is 2.73. The van der Waals surface area contributed by atoms with Gasteiger partial charge in [-0.05, 0) is 33.1 Å². The van der Waals surface area contributed by atoms with Crippen LogP contribution in [0.3, 0.4) is 0 Å². The van der Waals surface area contributed by atoms with Crippen LogP contribution in [0.1, 0.15) is 13.3 Å². The van der Waals surface area contributed by atoms with Gasteiger partial charge >= 0.3 is 0 Å². The molecule has 4 nitrogen and oxygen atoms in total. The quantitative estimate of drug-likeness (QED) is 0.478. The molecule has 0 bridgehead atoms. The van der Waals surface area contributed by atoms with Crippen molar-refractivity contribution >= 4 is 55.0 Å². The SMILES string of the molecule is CC(=O)/C(NC/C=C\C(Br)=C\Cl)=C1/N/C(=C/C=C/Br)CC1=O. The summed E-state index contributed by atoms with van der Waals surface area (Å²) < 4.78 is 0.717. The van der Waals surface area contributed by atoms with Gasteiger partial charge in [0.25, 0.3) is 0 Å². The van der Waals surface area contributed by atoms with Crippen LogP contribution in [0.5, 0.6) is 0 Å². The highest BCUT2D eigenvalue weighted by Gasteiger charge is 2.26. The third-order valence-corrected chi connectivity index (χ3v) is 3.96. The molecule has 0 radical (unpaired) electrons. The summed E-state index contributed by atoms with van der Waals surface area (Å²) in [6.45, 7) is 1.82. The van der Waals surface area contributed by atoms with Gasteiger partial charge < -0.3 is 10.6 Å². The van der Waals surface area contributed by atoms with Crippen LogP contribution in [0, 0.1) is 0 Å². The molecule has 0 amide bonds. The molecule has 2 N–H and O–H groups in total. The lowest BCUT2D eigenvalue weighted by Gasteiger charge is -2.09. The van der Waals surface area contributed by atoms with Crippen molar-refractivity contribution in [1.29, 1.82) is 0 Å². The van der Waals surface area contributed by atoms with Crippen molar-refractivity contribution in [3.05, 3.63) is 56.4 Å². The van der Waals surface area contributed by atoms with Crippen LogP contribution in [0.4, 0.5) is 0 Å². The number of rotatable bonds is 6. The molecule has 0 aliphatic carbocycles. The van der Waals surface area contributed by atoms with Crippen molar-refractivity contribution in [3.63, 3.8) is 0 Å². The minimum atomic E-state index is -0.200. The largest absolute Gasteiger partial charge is 0.377 e. The predicted molar refractivity (Wildman–Crippen MR) is 96.6 cm³/mol. The van der Waals surface area contributed by atoms with Crippen LogP contribution in [0.25, 0.3) is 0 Å². The van der Waals surface area contributed by atoms with Gasteiger partial charge in [-0.1, -0.05) is 39.7 Å². The van der Waals surface area contributed by atoms with Crippen LogP contribution in [-0.4, -0.2) is 18.1 Å². The minimum absolute atomic E-state index is 0.113. The molecule has 0 saturated carbocycles. The zero-order chi connectivity index (χ0) is 16.5.